The molecule has 0 spiro atoms. The summed E-state index contributed by atoms with van der Waals surface area (Å²) in [6, 6.07) is 49.1. The zero-order valence-electron chi connectivity index (χ0n) is 31.6. The molecular formula is C47H37N7OPt+2. The van der Waals surface area contributed by atoms with Crippen LogP contribution in [0.5, 0.6) is 11.5 Å². The minimum absolute atomic E-state index is 0. The Morgan fingerprint density at radius 2 is 1.41 bits per heavy atom. The molecule has 0 saturated heterocycles. The van der Waals surface area contributed by atoms with E-state index in [1.807, 2.05) is 120 Å². The Kier molecular flexibility index (Phi) is 9.63. The van der Waals surface area contributed by atoms with Crippen LogP contribution in [0.25, 0.3) is 61.8 Å². The van der Waals surface area contributed by atoms with Crippen molar-refractivity contribution in [1.29, 1.82) is 0 Å². The van der Waals surface area contributed by atoms with E-state index in [1.165, 1.54) is 5.56 Å². The summed E-state index contributed by atoms with van der Waals surface area (Å²) in [5.41, 5.74) is 7.29. The largest absolute Gasteiger partial charge is 2.00 e. The zero-order valence-corrected chi connectivity index (χ0v) is 33.8. The molecule has 1 aliphatic heterocycles. The van der Waals surface area contributed by atoms with Crippen LogP contribution in [0.15, 0.2) is 134 Å². The molecule has 9 heteroatoms. The second-order valence-electron chi connectivity index (χ2n) is 14.7. The molecule has 0 radical (unpaired) electrons. The predicted molar refractivity (Wildman–Crippen MR) is 216 cm³/mol. The zero-order chi connectivity index (χ0) is 37.7. The molecule has 0 atom stereocenters. The molecule has 0 bridgehead atoms. The first-order valence-electron chi connectivity index (χ1n) is 18.2. The third-order valence-electron chi connectivity index (χ3n) is 9.64. The molecule has 0 N–H and O–H groups in total. The van der Waals surface area contributed by atoms with Crippen molar-refractivity contribution in [1.82, 2.24) is 24.5 Å². The SMILES string of the molecule is Cc1ccnc(-n2c3[c-]c(Oc4[c-]c([N+]5=C=[N+](C)C=C5)ccc4)c(-c4nc(-c5ccccc5)nc(-c5ccccc5)n4)cc3c3cc(C(C)(C)C)ccc32)c1.[Pt+2]. The molecule has 0 fully saturated rings. The second-order valence-corrected chi connectivity index (χ2v) is 14.7. The molecule has 274 valence electrons. The Labute approximate surface area is 340 Å². The number of hydrogen-bond donors (Lipinski definition) is 0. The second kappa shape index (κ2) is 14.7. The van der Waals surface area contributed by atoms with Crippen LogP contribution in [0.2, 0.25) is 0 Å². The predicted octanol–water partition coefficient (Wildman–Crippen LogP) is 10.3. The first kappa shape index (κ1) is 36.6. The number of pyridine rings is 1. The number of rotatable bonds is 7. The molecule has 8 aromatic rings. The van der Waals surface area contributed by atoms with E-state index in [0.29, 0.717) is 34.5 Å². The molecule has 56 heavy (non-hydrogen) atoms. The average molecular weight is 911 g/mol. The fourth-order valence-corrected chi connectivity index (χ4v) is 6.78. The molecule has 9 rings (SSSR count). The number of aryl methyl sites for hydroxylation is 1. The van der Waals surface area contributed by atoms with Gasteiger partial charge in [-0.25, -0.2) is 19.9 Å². The van der Waals surface area contributed by atoms with Crippen molar-refractivity contribution in [2.24, 2.45) is 0 Å². The van der Waals surface area contributed by atoms with Crippen LogP contribution in [0, 0.1) is 19.1 Å². The standard InChI is InChI=1S/C47H37N7O.Pt/c1-31-21-22-48-43(25-31)54-40-20-19-34(47(2,3)4)26-37(40)38-28-39(42(29-41(38)54)55-36-18-12-17-35(27-36)53-24-23-52(5)30-53)46-50-44(32-13-8-6-9-14-32)49-45(51-46)33-15-10-7-11-16-33;/h6-26,28H,1-5H3;/q;+2. The number of hydrogen-bond acceptors (Lipinski definition) is 5. The average Bonchev–Trinajstić information content (AvgIpc) is 3.78. The topological polar surface area (TPSA) is 71.7 Å². The molecule has 4 heterocycles. The summed E-state index contributed by atoms with van der Waals surface area (Å²) in [7, 11) is 1.93. The molecule has 5 aromatic carbocycles. The van der Waals surface area contributed by atoms with Gasteiger partial charge in [-0.15, -0.1) is 23.6 Å². The van der Waals surface area contributed by atoms with E-state index in [2.05, 4.69) is 80.7 Å². The van der Waals surface area contributed by atoms with Crippen LogP contribution in [0.3, 0.4) is 0 Å². The Morgan fingerprint density at radius 1 is 0.714 bits per heavy atom. The van der Waals surface area contributed by atoms with Gasteiger partial charge < -0.3 is 9.30 Å². The molecule has 0 unspecified atom stereocenters. The van der Waals surface area contributed by atoms with E-state index in [-0.39, 0.29) is 26.5 Å². The van der Waals surface area contributed by atoms with Gasteiger partial charge in [-0.1, -0.05) is 120 Å². The van der Waals surface area contributed by atoms with Crippen molar-refractivity contribution < 1.29 is 35.0 Å². The van der Waals surface area contributed by atoms with Gasteiger partial charge in [0.2, 0.25) is 6.20 Å². The molecule has 8 nitrogen and oxygen atoms in total. The van der Waals surface area contributed by atoms with Crippen molar-refractivity contribution in [3.05, 3.63) is 157 Å². The number of nitrogens with zero attached hydrogens (tertiary/aromatic N) is 7. The summed E-state index contributed by atoms with van der Waals surface area (Å²) in [5, 5.41) is 2.04. The summed E-state index contributed by atoms with van der Waals surface area (Å²) < 4.78 is 12.7. The van der Waals surface area contributed by atoms with Crippen LogP contribution in [-0.4, -0.2) is 46.7 Å². The summed E-state index contributed by atoms with van der Waals surface area (Å²) >= 11 is 0. The molecule has 1 aliphatic rings. The van der Waals surface area contributed by atoms with E-state index < -0.39 is 0 Å². The quantitative estimate of drug-likeness (QED) is 0.118. The Balaban J connectivity index is 0.00000441. The van der Waals surface area contributed by atoms with Gasteiger partial charge in [0.15, 0.2) is 18.7 Å². The van der Waals surface area contributed by atoms with Crippen molar-refractivity contribution in [2.75, 3.05) is 7.05 Å². The minimum Gasteiger partial charge on any atom is -0.508 e. The van der Waals surface area contributed by atoms with Gasteiger partial charge in [-0.2, -0.15) is 6.07 Å². The van der Waals surface area contributed by atoms with Gasteiger partial charge in [0, 0.05) is 34.3 Å². The first-order valence-corrected chi connectivity index (χ1v) is 18.2. The third kappa shape index (κ3) is 7.01. The van der Waals surface area contributed by atoms with Crippen LogP contribution in [0.4, 0.5) is 5.69 Å². The van der Waals surface area contributed by atoms with E-state index in [1.54, 1.807) is 0 Å². The Bertz CT molecular complexity index is 2830. The maximum Gasteiger partial charge on any atom is 2.00 e. The van der Waals surface area contributed by atoms with Crippen LogP contribution >= 0.6 is 0 Å². The number of aromatic nitrogens is 5. The smallest absolute Gasteiger partial charge is 0.508 e. The van der Waals surface area contributed by atoms with Crippen molar-refractivity contribution >= 4 is 33.5 Å². The maximum atomic E-state index is 6.84. The minimum atomic E-state index is -0.0712. The van der Waals surface area contributed by atoms with E-state index in [4.69, 9.17) is 24.7 Å². The van der Waals surface area contributed by atoms with Crippen LogP contribution < -0.4 is 4.74 Å². The maximum absolute atomic E-state index is 6.84. The molecule has 0 amide bonds. The van der Waals surface area contributed by atoms with E-state index >= 15 is 0 Å². The number of fused-ring (bicyclic) bond motifs is 3. The molecule has 0 aliphatic carbocycles. The van der Waals surface area contributed by atoms with Gasteiger partial charge >= 0.3 is 27.1 Å². The first-order chi connectivity index (χ1) is 26.7. The Morgan fingerprint density at radius 3 is 2.05 bits per heavy atom. The fraction of sp³-hybridized carbons (Fsp3) is 0.128. The van der Waals surface area contributed by atoms with Gasteiger partial charge in [0.05, 0.1) is 0 Å². The molecule has 3 aromatic heterocycles. The summed E-state index contributed by atoms with van der Waals surface area (Å²) in [4.78, 5) is 20.1. The Hall–Kier alpha value is -6.33. The number of benzene rings is 5. The molecular weight excluding hydrogens is 874 g/mol. The van der Waals surface area contributed by atoms with E-state index in [9.17, 15) is 0 Å². The van der Waals surface area contributed by atoms with Gasteiger partial charge in [-0.3, -0.25) is 0 Å². The third-order valence-corrected chi connectivity index (χ3v) is 9.64. The van der Waals surface area contributed by atoms with Crippen LogP contribution in [-0.2, 0) is 26.5 Å². The van der Waals surface area contributed by atoms with Gasteiger partial charge in [-0.05, 0) is 52.6 Å². The van der Waals surface area contributed by atoms with Gasteiger partial charge in [0.1, 0.15) is 17.3 Å². The normalized spacial score (nSPS) is 12.4. The van der Waals surface area contributed by atoms with Crippen molar-refractivity contribution in [3.8, 4) is 51.5 Å². The van der Waals surface area contributed by atoms with Gasteiger partial charge in [0.25, 0.3) is 6.20 Å². The van der Waals surface area contributed by atoms with E-state index in [0.717, 1.165) is 50.0 Å². The summed E-state index contributed by atoms with van der Waals surface area (Å²) in [6.45, 7) is 8.77. The monoisotopic (exact) mass is 910 g/mol. The number of ether oxygens (including phenoxy) is 1. The summed E-state index contributed by atoms with van der Waals surface area (Å²) in [6.07, 6.45) is 5.70. The molecule has 0 saturated carbocycles. The fourth-order valence-electron chi connectivity index (χ4n) is 6.78. The summed E-state index contributed by atoms with van der Waals surface area (Å²) in [5.74, 6) is 3.32. The van der Waals surface area contributed by atoms with Crippen LogP contribution in [0.1, 0.15) is 31.9 Å². The van der Waals surface area contributed by atoms with Crippen molar-refractivity contribution in [3.63, 3.8) is 0 Å². The van der Waals surface area contributed by atoms with Crippen molar-refractivity contribution in [2.45, 2.75) is 33.1 Å².